The zero-order chi connectivity index (χ0) is 21.3. The molecular weight excluding hydrogens is 672 g/mol. The Morgan fingerprint density at radius 2 is 1.87 bits per heavy atom. The molecule has 5 nitrogen and oxygen atoms in total. The van der Waals surface area contributed by atoms with Gasteiger partial charge in [-0.05, 0) is 93.9 Å². The predicted octanol–water partition coefficient (Wildman–Crippen LogP) is 6.31. The van der Waals surface area contributed by atoms with Crippen molar-refractivity contribution in [2.45, 2.75) is 38.0 Å². The highest BCUT2D eigenvalue weighted by Crippen LogP contribution is 2.32. The van der Waals surface area contributed by atoms with E-state index in [4.69, 9.17) is 9.72 Å². The number of methoxy groups -OCH3 is 1. The fourth-order valence-electron chi connectivity index (χ4n) is 3.88. The third-order valence-electron chi connectivity index (χ3n) is 5.35. The summed E-state index contributed by atoms with van der Waals surface area (Å²) >= 11 is 7.97. The fourth-order valence-corrected chi connectivity index (χ4v) is 6.49. The molecule has 4 rings (SSSR count). The van der Waals surface area contributed by atoms with E-state index in [2.05, 4.69) is 66.2 Å². The van der Waals surface area contributed by atoms with E-state index in [1.807, 2.05) is 30.3 Å². The molecule has 1 heterocycles. The van der Waals surface area contributed by atoms with Crippen LogP contribution in [-0.4, -0.2) is 23.0 Å². The second-order valence-corrected chi connectivity index (χ2v) is 10.6. The van der Waals surface area contributed by atoms with Gasteiger partial charge in [-0.15, -0.1) is 0 Å². The Hall–Kier alpha value is -1.01. The Kier molecular flexibility index (Phi) is 7.13. The largest absolute Gasteiger partial charge is 0.495 e. The molecule has 8 heteroatoms. The number of hydrogen-bond acceptors (Lipinski definition) is 4. The van der Waals surface area contributed by atoms with Gasteiger partial charge in [-0.1, -0.05) is 35.2 Å². The number of hydrogen-bond donors (Lipinski definition) is 0. The van der Waals surface area contributed by atoms with Crippen LogP contribution >= 0.6 is 61.1 Å². The number of ether oxygens (including phenoxy) is 1. The molecule has 0 spiro atoms. The summed E-state index contributed by atoms with van der Waals surface area (Å²) in [4.78, 5) is 18.2. The Bertz CT molecular complexity index is 1160. The first-order valence-electron chi connectivity index (χ1n) is 9.77. The Morgan fingerprint density at radius 1 is 1.17 bits per heavy atom. The molecule has 1 aliphatic rings. The Morgan fingerprint density at radius 3 is 2.53 bits per heavy atom. The van der Waals surface area contributed by atoms with Crippen molar-refractivity contribution in [3.05, 3.63) is 63.7 Å². The van der Waals surface area contributed by atoms with Gasteiger partial charge < -0.3 is 4.74 Å². The SMILES string of the molecule is COc1c(I)cc(C=Nn2c(C3CCCCC3)nc3ccc(Br)cc3c2=O)cc1I. The smallest absolute Gasteiger partial charge is 0.282 e. The second-order valence-electron chi connectivity index (χ2n) is 7.35. The van der Waals surface area contributed by atoms with Gasteiger partial charge in [-0.2, -0.15) is 9.78 Å². The third-order valence-corrected chi connectivity index (χ3v) is 7.45. The number of halogens is 3. The number of benzene rings is 2. The van der Waals surface area contributed by atoms with Gasteiger partial charge in [0.05, 0.1) is 31.4 Å². The van der Waals surface area contributed by atoms with Crippen LogP contribution in [0.15, 0.2) is 44.7 Å². The minimum atomic E-state index is -0.129. The summed E-state index contributed by atoms with van der Waals surface area (Å²) in [6.45, 7) is 0. The molecule has 30 heavy (non-hydrogen) atoms. The molecule has 0 aliphatic heterocycles. The Labute approximate surface area is 210 Å². The van der Waals surface area contributed by atoms with Crippen molar-refractivity contribution in [2.24, 2.45) is 5.10 Å². The third kappa shape index (κ3) is 4.59. The molecule has 0 unspecified atom stereocenters. The van der Waals surface area contributed by atoms with E-state index in [-0.39, 0.29) is 11.5 Å². The lowest BCUT2D eigenvalue weighted by molar-refractivity contribution is 0.409. The van der Waals surface area contributed by atoms with Crippen LogP contribution in [0.5, 0.6) is 5.75 Å². The summed E-state index contributed by atoms with van der Waals surface area (Å²) < 4.78 is 9.81. The zero-order valence-electron chi connectivity index (χ0n) is 16.4. The molecule has 3 aromatic rings. The molecule has 0 N–H and O–H groups in total. The van der Waals surface area contributed by atoms with Crippen LogP contribution in [0.4, 0.5) is 0 Å². The number of rotatable bonds is 4. The van der Waals surface area contributed by atoms with Crippen LogP contribution in [-0.2, 0) is 0 Å². The first kappa shape index (κ1) is 22.2. The minimum absolute atomic E-state index is 0.129. The summed E-state index contributed by atoms with van der Waals surface area (Å²) in [7, 11) is 1.67. The fraction of sp³-hybridized carbons (Fsp3) is 0.318. The summed E-state index contributed by atoms with van der Waals surface area (Å²) in [5.41, 5.74) is 1.51. The van der Waals surface area contributed by atoms with Crippen LogP contribution in [0.1, 0.15) is 49.4 Å². The maximum atomic E-state index is 13.4. The van der Waals surface area contributed by atoms with E-state index >= 15 is 0 Å². The molecule has 1 saturated carbocycles. The van der Waals surface area contributed by atoms with E-state index in [1.165, 1.54) is 11.1 Å². The summed E-state index contributed by atoms with van der Waals surface area (Å²) in [6.07, 6.45) is 7.40. The first-order valence-corrected chi connectivity index (χ1v) is 12.7. The van der Waals surface area contributed by atoms with Crippen LogP contribution in [0.25, 0.3) is 10.9 Å². The van der Waals surface area contributed by atoms with Crippen molar-refractivity contribution in [3.63, 3.8) is 0 Å². The Balaban J connectivity index is 1.84. The lowest BCUT2D eigenvalue weighted by Gasteiger charge is -2.22. The number of nitrogens with zero attached hydrogens (tertiary/aromatic N) is 3. The van der Waals surface area contributed by atoms with Gasteiger partial charge in [0.1, 0.15) is 11.6 Å². The summed E-state index contributed by atoms with van der Waals surface area (Å²) in [6, 6.07) is 9.65. The average Bonchev–Trinajstić information content (AvgIpc) is 2.74. The van der Waals surface area contributed by atoms with E-state index in [0.717, 1.165) is 60.0 Å². The van der Waals surface area contributed by atoms with Crippen molar-refractivity contribution in [3.8, 4) is 5.75 Å². The van der Waals surface area contributed by atoms with Gasteiger partial charge in [-0.3, -0.25) is 4.79 Å². The van der Waals surface area contributed by atoms with Gasteiger partial charge in [0.15, 0.2) is 0 Å². The van der Waals surface area contributed by atoms with Crippen LogP contribution < -0.4 is 10.3 Å². The van der Waals surface area contributed by atoms with Crippen LogP contribution in [0.3, 0.4) is 0 Å². The topological polar surface area (TPSA) is 56.5 Å². The summed E-state index contributed by atoms with van der Waals surface area (Å²) in [5, 5.41) is 5.19. The molecule has 0 amide bonds. The summed E-state index contributed by atoms with van der Waals surface area (Å²) in [5.74, 6) is 1.88. The molecule has 1 fully saturated rings. The quantitative estimate of drug-likeness (QED) is 0.238. The predicted molar refractivity (Wildman–Crippen MR) is 141 cm³/mol. The zero-order valence-corrected chi connectivity index (χ0v) is 22.3. The maximum absolute atomic E-state index is 13.4. The lowest BCUT2D eigenvalue weighted by Crippen LogP contribution is -2.25. The van der Waals surface area contributed by atoms with Gasteiger partial charge in [0.2, 0.25) is 0 Å². The number of aromatic nitrogens is 2. The number of fused-ring (bicyclic) bond motifs is 1. The van der Waals surface area contributed by atoms with E-state index in [0.29, 0.717) is 5.39 Å². The van der Waals surface area contributed by atoms with E-state index < -0.39 is 0 Å². The van der Waals surface area contributed by atoms with Gasteiger partial charge in [-0.25, -0.2) is 4.98 Å². The monoisotopic (exact) mass is 691 g/mol. The van der Waals surface area contributed by atoms with Crippen molar-refractivity contribution >= 4 is 78.2 Å². The standard InChI is InChI=1S/C22H20BrI2N3O2/c1-30-20-17(24)9-13(10-18(20)25)12-26-28-21(14-5-3-2-4-6-14)27-19-8-7-15(23)11-16(19)22(28)29/h7-12,14H,2-6H2,1H3. The molecular formula is C22H20BrI2N3O2. The molecule has 0 saturated heterocycles. The van der Waals surface area contributed by atoms with E-state index in [1.54, 1.807) is 13.3 Å². The average molecular weight is 692 g/mol. The first-order chi connectivity index (χ1) is 14.5. The minimum Gasteiger partial charge on any atom is -0.495 e. The molecule has 0 bridgehead atoms. The van der Waals surface area contributed by atoms with Crippen molar-refractivity contribution in [1.82, 2.24) is 9.66 Å². The van der Waals surface area contributed by atoms with Gasteiger partial charge in [0.25, 0.3) is 5.56 Å². The highest BCUT2D eigenvalue weighted by Gasteiger charge is 2.22. The lowest BCUT2D eigenvalue weighted by atomic mass is 9.88. The van der Waals surface area contributed by atoms with Crippen molar-refractivity contribution in [1.29, 1.82) is 0 Å². The highest BCUT2D eigenvalue weighted by molar-refractivity contribution is 14.1. The normalized spacial score (nSPS) is 15.2. The molecule has 2 aromatic carbocycles. The van der Waals surface area contributed by atoms with Gasteiger partial charge in [0, 0.05) is 10.4 Å². The highest BCUT2D eigenvalue weighted by atomic mass is 127. The van der Waals surface area contributed by atoms with Crippen molar-refractivity contribution < 1.29 is 4.74 Å². The molecule has 1 aliphatic carbocycles. The molecule has 156 valence electrons. The van der Waals surface area contributed by atoms with Crippen LogP contribution in [0.2, 0.25) is 0 Å². The molecule has 0 atom stereocenters. The van der Waals surface area contributed by atoms with E-state index in [9.17, 15) is 4.79 Å². The molecule has 0 radical (unpaired) electrons. The second kappa shape index (κ2) is 9.64. The van der Waals surface area contributed by atoms with Crippen LogP contribution in [0, 0.1) is 7.14 Å². The maximum Gasteiger partial charge on any atom is 0.282 e. The van der Waals surface area contributed by atoms with Crippen molar-refractivity contribution in [2.75, 3.05) is 7.11 Å². The van der Waals surface area contributed by atoms with Gasteiger partial charge >= 0.3 is 0 Å². The molecule has 1 aromatic heterocycles.